The molecular formula is C15H11N7O2S. The Bertz CT molecular complexity index is 1130. The quantitative estimate of drug-likeness (QED) is 0.576. The first kappa shape index (κ1) is 15.1. The lowest BCUT2D eigenvalue weighted by Crippen LogP contribution is -2.18. The molecule has 1 amide bonds. The van der Waals surface area contributed by atoms with Crippen LogP contribution >= 0.6 is 11.3 Å². The van der Waals surface area contributed by atoms with Gasteiger partial charge >= 0.3 is 5.56 Å². The van der Waals surface area contributed by atoms with Gasteiger partial charge in [-0.05, 0) is 13.0 Å². The number of nitrogens with one attached hydrogen (secondary N) is 2. The number of carbonyl (C=O) groups excluding carboxylic acids is 1. The molecular weight excluding hydrogens is 342 g/mol. The molecule has 0 atom stereocenters. The van der Waals surface area contributed by atoms with Gasteiger partial charge in [0.2, 0.25) is 10.8 Å². The van der Waals surface area contributed by atoms with Crippen molar-refractivity contribution in [3.63, 3.8) is 0 Å². The van der Waals surface area contributed by atoms with Crippen LogP contribution in [0, 0.1) is 6.92 Å². The van der Waals surface area contributed by atoms with Crippen LogP contribution in [0.1, 0.15) is 16.3 Å². The summed E-state index contributed by atoms with van der Waals surface area (Å²) < 4.78 is 1.61. The Balaban J connectivity index is 1.81. The third-order valence-electron chi connectivity index (χ3n) is 3.51. The number of aromatic nitrogens is 6. The van der Waals surface area contributed by atoms with Gasteiger partial charge in [0.15, 0.2) is 5.69 Å². The number of benzene rings is 1. The number of thiazole rings is 1. The number of anilines is 1. The van der Waals surface area contributed by atoms with Crippen molar-refractivity contribution in [2.24, 2.45) is 0 Å². The molecule has 0 aliphatic carbocycles. The van der Waals surface area contributed by atoms with E-state index in [1.165, 1.54) is 17.7 Å². The van der Waals surface area contributed by atoms with Crippen LogP contribution in [0.4, 0.5) is 5.69 Å². The minimum atomic E-state index is -0.467. The summed E-state index contributed by atoms with van der Waals surface area (Å²) >= 11 is 1.35. The first-order valence-electron chi connectivity index (χ1n) is 7.25. The molecule has 0 saturated carbocycles. The minimum absolute atomic E-state index is 0.0711. The molecule has 0 unspecified atom stereocenters. The fraction of sp³-hybridized carbons (Fsp3) is 0.0667. The molecule has 0 aliphatic rings. The number of carbonyl (C=O) groups is 1. The van der Waals surface area contributed by atoms with Gasteiger partial charge in [-0.2, -0.15) is 15.2 Å². The number of para-hydroxylation sites is 1. The van der Waals surface area contributed by atoms with Crippen molar-refractivity contribution in [3.05, 3.63) is 57.8 Å². The normalized spacial score (nSPS) is 10.9. The second-order valence-corrected chi connectivity index (χ2v) is 6.01. The Hall–Kier alpha value is -3.40. The zero-order valence-corrected chi connectivity index (χ0v) is 13.7. The predicted octanol–water partition coefficient (Wildman–Crippen LogP) is 1.50. The highest BCUT2D eigenvalue weighted by Crippen LogP contribution is 2.24. The van der Waals surface area contributed by atoms with Crippen LogP contribution in [-0.2, 0) is 0 Å². The Kier molecular flexibility index (Phi) is 3.58. The van der Waals surface area contributed by atoms with E-state index in [0.29, 0.717) is 16.2 Å². The van der Waals surface area contributed by atoms with Crippen LogP contribution in [0.2, 0.25) is 0 Å². The smallest absolute Gasteiger partial charge is 0.300 e. The summed E-state index contributed by atoms with van der Waals surface area (Å²) in [5.74, 6) is -0.396. The number of rotatable bonds is 3. The first-order chi connectivity index (χ1) is 12.1. The third-order valence-corrected chi connectivity index (χ3v) is 4.44. The van der Waals surface area contributed by atoms with Crippen LogP contribution in [0.15, 0.2) is 40.8 Å². The lowest BCUT2D eigenvalue weighted by molar-refractivity contribution is 0.101. The first-order valence-corrected chi connectivity index (χ1v) is 8.13. The van der Waals surface area contributed by atoms with E-state index in [2.05, 4.69) is 30.6 Å². The summed E-state index contributed by atoms with van der Waals surface area (Å²) in [6, 6.07) is 6.89. The second-order valence-electron chi connectivity index (χ2n) is 5.17. The van der Waals surface area contributed by atoms with E-state index >= 15 is 0 Å². The highest BCUT2D eigenvalue weighted by Gasteiger charge is 2.17. The summed E-state index contributed by atoms with van der Waals surface area (Å²) in [5.41, 5.74) is 1.49. The Morgan fingerprint density at radius 3 is 2.96 bits per heavy atom. The van der Waals surface area contributed by atoms with Crippen LogP contribution in [0.25, 0.3) is 16.2 Å². The fourth-order valence-electron chi connectivity index (χ4n) is 2.33. The van der Waals surface area contributed by atoms with Crippen LogP contribution in [0.3, 0.4) is 0 Å². The van der Waals surface area contributed by atoms with Gasteiger partial charge in [0.1, 0.15) is 6.33 Å². The maximum atomic E-state index is 12.4. The van der Waals surface area contributed by atoms with Crippen molar-refractivity contribution in [1.82, 2.24) is 29.8 Å². The zero-order chi connectivity index (χ0) is 17.4. The molecule has 10 heteroatoms. The number of hydrogen-bond donors (Lipinski definition) is 2. The summed E-state index contributed by atoms with van der Waals surface area (Å²) in [6.45, 7) is 1.88. The van der Waals surface area contributed by atoms with Crippen molar-refractivity contribution in [2.75, 3.05) is 5.32 Å². The topological polar surface area (TPSA) is 118 Å². The molecule has 0 spiro atoms. The monoisotopic (exact) mass is 353 g/mol. The lowest BCUT2D eigenvalue weighted by atomic mass is 10.1. The van der Waals surface area contributed by atoms with Crippen molar-refractivity contribution < 1.29 is 4.79 Å². The van der Waals surface area contributed by atoms with Gasteiger partial charge in [0, 0.05) is 10.9 Å². The molecule has 124 valence electrons. The summed E-state index contributed by atoms with van der Waals surface area (Å²) in [4.78, 5) is 33.0. The molecule has 0 aliphatic heterocycles. The van der Waals surface area contributed by atoms with Crippen molar-refractivity contribution in [2.45, 2.75) is 6.92 Å². The predicted molar refractivity (Wildman–Crippen MR) is 91.6 cm³/mol. The summed E-state index contributed by atoms with van der Waals surface area (Å²) in [7, 11) is 0. The molecule has 0 bridgehead atoms. The average molecular weight is 353 g/mol. The van der Waals surface area contributed by atoms with E-state index in [9.17, 15) is 9.59 Å². The number of fused-ring (bicyclic) bond motifs is 1. The van der Waals surface area contributed by atoms with E-state index in [1.807, 2.05) is 12.3 Å². The van der Waals surface area contributed by atoms with Gasteiger partial charge in [0.05, 0.1) is 11.4 Å². The number of nitrogens with zero attached hydrogens (tertiary/aromatic N) is 5. The lowest BCUT2D eigenvalue weighted by Gasteiger charge is -2.09. The fourth-order valence-corrected chi connectivity index (χ4v) is 3.13. The summed E-state index contributed by atoms with van der Waals surface area (Å²) in [6.07, 6.45) is 1.24. The van der Waals surface area contributed by atoms with Gasteiger partial charge < -0.3 is 5.32 Å². The molecule has 25 heavy (non-hydrogen) atoms. The van der Waals surface area contributed by atoms with Crippen molar-refractivity contribution >= 4 is 27.9 Å². The molecule has 3 aromatic heterocycles. The van der Waals surface area contributed by atoms with Gasteiger partial charge in [0.25, 0.3) is 5.91 Å². The van der Waals surface area contributed by atoms with Crippen molar-refractivity contribution in [1.29, 1.82) is 0 Å². The Labute approximate surface area is 144 Å². The van der Waals surface area contributed by atoms with E-state index in [-0.39, 0.29) is 11.5 Å². The Morgan fingerprint density at radius 1 is 1.32 bits per heavy atom. The molecule has 9 nitrogen and oxygen atoms in total. The zero-order valence-electron chi connectivity index (χ0n) is 12.9. The molecule has 4 rings (SSSR count). The van der Waals surface area contributed by atoms with Gasteiger partial charge in [-0.15, -0.1) is 11.3 Å². The number of H-pyrrole nitrogens is 1. The molecule has 2 N–H and O–H groups in total. The highest BCUT2D eigenvalue weighted by molar-refractivity contribution is 7.15. The second kappa shape index (κ2) is 5.91. The molecule has 1 aromatic carbocycles. The highest BCUT2D eigenvalue weighted by atomic mass is 32.1. The van der Waals surface area contributed by atoms with Gasteiger partial charge in [-0.25, -0.2) is 9.50 Å². The number of aryl methyl sites for hydroxylation is 1. The van der Waals surface area contributed by atoms with E-state index in [0.717, 1.165) is 5.69 Å². The maximum absolute atomic E-state index is 12.4. The number of hydrogen-bond acceptors (Lipinski definition) is 7. The van der Waals surface area contributed by atoms with E-state index in [4.69, 9.17) is 0 Å². The molecule has 0 fully saturated rings. The Morgan fingerprint density at radius 2 is 2.16 bits per heavy atom. The standard InChI is InChI=1S/C15H11N7O2S/c1-8-6-25-15-19-13(23)11(21-22(8)15)9-4-2-3-5-10(9)18-14(24)12-16-7-17-20-12/h2-7H,1H3,(H,18,24)(H,16,17,20). The van der Waals surface area contributed by atoms with Crippen LogP contribution in [-0.4, -0.2) is 35.7 Å². The third kappa shape index (κ3) is 2.68. The molecule has 4 aromatic rings. The average Bonchev–Trinajstić information content (AvgIpc) is 3.26. The molecule has 0 saturated heterocycles. The molecule has 0 radical (unpaired) electrons. The van der Waals surface area contributed by atoms with E-state index in [1.54, 1.807) is 28.8 Å². The van der Waals surface area contributed by atoms with Gasteiger partial charge in [-0.3, -0.25) is 14.7 Å². The minimum Gasteiger partial charge on any atom is -0.319 e. The van der Waals surface area contributed by atoms with Crippen LogP contribution < -0.4 is 10.9 Å². The SMILES string of the molecule is Cc1csc2nc(=O)c(-c3ccccc3NC(=O)c3ncn[nH]3)nn12. The largest absolute Gasteiger partial charge is 0.319 e. The number of amides is 1. The van der Waals surface area contributed by atoms with Crippen LogP contribution in [0.5, 0.6) is 0 Å². The number of aromatic amines is 1. The van der Waals surface area contributed by atoms with E-state index < -0.39 is 11.5 Å². The van der Waals surface area contributed by atoms with Gasteiger partial charge in [-0.1, -0.05) is 18.2 Å². The summed E-state index contributed by atoms with van der Waals surface area (Å²) in [5, 5.41) is 15.1. The van der Waals surface area contributed by atoms with Crippen molar-refractivity contribution in [3.8, 4) is 11.3 Å². The molecule has 3 heterocycles. The maximum Gasteiger partial charge on any atom is 0.300 e.